The van der Waals surface area contributed by atoms with Gasteiger partial charge >= 0.3 is 17.9 Å². The first kappa shape index (κ1) is 88.7. The van der Waals surface area contributed by atoms with Crippen molar-refractivity contribution in [1.29, 1.82) is 0 Å². The highest BCUT2D eigenvalue weighted by atomic mass is 17.2. The second-order valence-electron chi connectivity index (χ2n) is 21.8. The lowest BCUT2D eigenvalue weighted by atomic mass is 10.0. The minimum Gasteiger partial charge on any atom is -0.466 e. The molecular formula is C82H84N8O19. The molecule has 6 rings (SSSR count). The first-order chi connectivity index (χ1) is 52.9. The number of esters is 3. The van der Waals surface area contributed by atoms with Crippen LogP contribution in [0.25, 0.3) is 12.2 Å². The molecule has 6 aromatic rings. The van der Waals surface area contributed by atoms with Gasteiger partial charge in [-0.1, -0.05) is 86.0 Å². The minimum atomic E-state index is -0.379. The van der Waals surface area contributed by atoms with Crippen LogP contribution < -0.4 is 88.5 Å². The molecule has 0 spiro atoms. The summed E-state index contributed by atoms with van der Waals surface area (Å²) in [6.45, 7) is 19.8. The average Bonchev–Trinajstić information content (AvgIpc) is 0.882. The number of hydrogen-bond donors (Lipinski definition) is 8. The molecular weight excluding hydrogens is 1400 g/mol. The molecule has 0 radical (unpaired) electrons. The van der Waals surface area contributed by atoms with Crippen molar-refractivity contribution in [2.75, 3.05) is 39.6 Å². The normalized spacial score (nSPS) is 9.19. The van der Waals surface area contributed by atoms with Crippen LogP contribution in [0.4, 0.5) is 0 Å². The SMILES string of the molecule is C=C(C)COOCCCOC(=O)CCc1cc(OC#CN)cc(OC#CN)c1.C=C(C)COOCCOC(=O)CCc1cc(OC#CN)cc(OC#CN)c1.C=Cc1ccc(CC(=O)CCc2cc(OC#CN)cc(OC#CN)c2)cc1.C=Cc1ccc(OC(=O)CCc2cc(OC#CN)cc(OC#CN)c2)cc1. The van der Waals surface area contributed by atoms with E-state index in [-0.39, 0.29) is 62.8 Å². The zero-order chi connectivity index (χ0) is 79.5. The van der Waals surface area contributed by atoms with Gasteiger partial charge in [-0.2, -0.15) is 0 Å². The lowest BCUT2D eigenvalue weighted by molar-refractivity contribution is -0.291. The second-order valence-corrected chi connectivity index (χ2v) is 21.8. The van der Waals surface area contributed by atoms with Crippen molar-refractivity contribution in [3.63, 3.8) is 0 Å². The highest BCUT2D eigenvalue weighted by Gasteiger charge is 2.14. The largest absolute Gasteiger partial charge is 0.466 e. The van der Waals surface area contributed by atoms with Crippen LogP contribution in [0.5, 0.6) is 51.7 Å². The third kappa shape index (κ3) is 42.0. The van der Waals surface area contributed by atoms with Gasteiger partial charge < -0.3 is 98.0 Å². The molecule has 0 atom stereocenters. The summed E-state index contributed by atoms with van der Waals surface area (Å²) in [5.74, 6) is 2.87. The van der Waals surface area contributed by atoms with Gasteiger partial charge in [0.05, 0.1) is 13.2 Å². The van der Waals surface area contributed by atoms with Gasteiger partial charge in [-0.3, -0.25) is 19.2 Å². The molecule has 0 bridgehead atoms. The molecule has 0 aromatic heterocycles. The van der Waals surface area contributed by atoms with E-state index in [2.05, 4.69) is 124 Å². The van der Waals surface area contributed by atoms with E-state index >= 15 is 0 Å². The number of Topliss-reactive ketones (excluding diaryl/α,β-unsaturated/α-hetero) is 1. The Labute approximate surface area is 634 Å². The molecule has 0 heterocycles. The van der Waals surface area contributed by atoms with Crippen LogP contribution in [0, 0.1) is 97.2 Å². The number of ketones is 1. The minimum absolute atomic E-state index is 0.0880. The number of ether oxygens (including phenoxy) is 11. The number of carbonyl (C=O) groups is 4. The van der Waals surface area contributed by atoms with E-state index in [1.807, 2.05) is 50.2 Å². The van der Waals surface area contributed by atoms with Crippen molar-refractivity contribution in [2.45, 2.75) is 78.1 Å². The van der Waals surface area contributed by atoms with E-state index in [1.54, 1.807) is 97.1 Å². The van der Waals surface area contributed by atoms with Crippen molar-refractivity contribution in [3.8, 4) is 149 Å². The summed E-state index contributed by atoms with van der Waals surface area (Å²) in [7, 11) is 0. The summed E-state index contributed by atoms with van der Waals surface area (Å²) >= 11 is 0. The van der Waals surface area contributed by atoms with Gasteiger partial charge in [0.2, 0.25) is 0 Å². The topological polar surface area (TPSA) is 415 Å². The lowest BCUT2D eigenvalue weighted by Gasteiger charge is -2.08. The van der Waals surface area contributed by atoms with E-state index in [9.17, 15) is 19.2 Å². The van der Waals surface area contributed by atoms with Crippen LogP contribution >= 0.6 is 0 Å². The Morgan fingerprint density at radius 3 is 0.945 bits per heavy atom. The van der Waals surface area contributed by atoms with E-state index in [4.69, 9.17) is 118 Å². The third-order valence-corrected chi connectivity index (χ3v) is 12.9. The van der Waals surface area contributed by atoms with Gasteiger partial charge in [-0.05, 0) is 139 Å². The molecule has 0 amide bonds. The van der Waals surface area contributed by atoms with Crippen LogP contribution in [0.15, 0.2) is 159 Å². The number of aryl methyl sites for hydroxylation is 4. The van der Waals surface area contributed by atoms with Crippen LogP contribution in [0.3, 0.4) is 0 Å². The maximum Gasteiger partial charge on any atom is 0.311 e. The Kier molecular flexibility index (Phi) is 44.8. The number of carbonyl (C=O) groups excluding carboxylic acids is 4. The molecule has 6 aromatic carbocycles. The Balaban J connectivity index is 0.000000377. The van der Waals surface area contributed by atoms with Crippen molar-refractivity contribution >= 4 is 35.8 Å². The van der Waals surface area contributed by atoms with Crippen LogP contribution in [-0.2, 0) is 80.3 Å². The molecule has 27 nitrogen and oxygen atoms in total. The number of benzene rings is 6. The summed E-state index contributed by atoms with van der Waals surface area (Å²) < 4.78 is 56.9. The van der Waals surface area contributed by atoms with Crippen LogP contribution in [0.2, 0.25) is 0 Å². The Hall–Kier alpha value is -14.5. The summed E-state index contributed by atoms with van der Waals surface area (Å²) in [5, 5.41) is 0. The van der Waals surface area contributed by atoms with Crippen molar-refractivity contribution in [2.24, 2.45) is 45.9 Å². The van der Waals surface area contributed by atoms with Crippen LogP contribution in [-0.4, -0.2) is 63.3 Å². The van der Waals surface area contributed by atoms with E-state index < -0.39 is 0 Å². The van der Waals surface area contributed by atoms with Crippen LogP contribution in [0.1, 0.15) is 84.9 Å². The third-order valence-electron chi connectivity index (χ3n) is 12.9. The quantitative estimate of drug-likeness (QED) is 0.00268. The zero-order valence-corrected chi connectivity index (χ0v) is 60.2. The summed E-state index contributed by atoms with van der Waals surface area (Å²) in [4.78, 5) is 67.5. The first-order valence-corrected chi connectivity index (χ1v) is 32.7. The van der Waals surface area contributed by atoms with Gasteiger partial charge in [0, 0.05) is 111 Å². The summed E-state index contributed by atoms with van der Waals surface area (Å²) in [5.41, 5.74) is 48.6. The van der Waals surface area contributed by atoms with E-state index in [1.165, 1.54) is 0 Å². The molecule has 566 valence electrons. The molecule has 0 aliphatic rings. The van der Waals surface area contributed by atoms with Crippen molar-refractivity contribution in [1.82, 2.24) is 0 Å². The fourth-order valence-electron chi connectivity index (χ4n) is 8.28. The van der Waals surface area contributed by atoms with Crippen molar-refractivity contribution < 1.29 is 90.8 Å². The molecule has 16 N–H and O–H groups in total. The van der Waals surface area contributed by atoms with Gasteiger partial charge in [0.25, 0.3) is 0 Å². The highest BCUT2D eigenvalue weighted by molar-refractivity contribution is 5.81. The zero-order valence-electron chi connectivity index (χ0n) is 60.2. The first-order valence-electron chi connectivity index (χ1n) is 32.7. The predicted molar refractivity (Wildman–Crippen MR) is 407 cm³/mol. The number of nitrogens with two attached hydrogens (primary N) is 8. The average molecular weight is 1490 g/mol. The highest BCUT2D eigenvalue weighted by Crippen LogP contribution is 2.28. The molecule has 0 aliphatic carbocycles. The van der Waals surface area contributed by atoms with E-state index in [0.717, 1.165) is 50.1 Å². The second kappa shape index (κ2) is 55.1. The molecule has 109 heavy (non-hydrogen) atoms. The molecule has 0 fully saturated rings. The summed E-state index contributed by atoms with van der Waals surface area (Å²) in [6.07, 6.45) is 25.4. The molecule has 0 unspecified atom stereocenters. The lowest BCUT2D eigenvalue weighted by Crippen LogP contribution is -2.12. The fourth-order valence-corrected chi connectivity index (χ4v) is 8.28. The van der Waals surface area contributed by atoms with Gasteiger partial charge in [-0.15, -0.1) is 0 Å². The summed E-state index contributed by atoms with van der Waals surface area (Å²) in [6, 6.07) is 52.1. The van der Waals surface area contributed by atoms with Gasteiger partial charge in [0.1, 0.15) is 133 Å². The smallest absolute Gasteiger partial charge is 0.311 e. The maximum absolute atomic E-state index is 12.3. The van der Waals surface area contributed by atoms with Gasteiger partial charge in [-0.25, -0.2) is 19.6 Å². The maximum atomic E-state index is 12.3. The van der Waals surface area contributed by atoms with Gasteiger partial charge in [0.15, 0.2) is 0 Å². The van der Waals surface area contributed by atoms with Crippen molar-refractivity contribution in [3.05, 3.63) is 198 Å². The number of hydrogen-bond acceptors (Lipinski definition) is 27. The number of rotatable bonds is 38. The fraction of sp³-hybridized carbons (Fsp3) is 0.220. The van der Waals surface area contributed by atoms with E-state index in [0.29, 0.717) is 117 Å². The molecule has 27 heteroatoms. The monoisotopic (exact) mass is 1480 g/mol. The molecule has 0 aliphatic heterocycles. The molecule has 0 saturated heterocycles. The standard InChI is InChI=1S/C22H20N2O3.C21H18N2O4.C20H24N2O6.C19H22N2O6/c1-2-17-3-5-18(6-4-17)13-20(25)8-7-19-14-21(26-11-9-23)16-22(15-19)27-12-10-24;1-2-16-3-6-18(7-4-16)27-21(24)8-5-17-13-19(25-11-9-22)15-20(14-17)26-12-10-23;1-16(2)15-28-27-9-3-8-26-20(23)5-4-17-12-18(24-10-6-21)14-19(13-17)25-11-7-22;1-15(2)14-27-26-10-9-25-19(22)4-3-16-11-17(23-7-5-20)13-18(12-16)24-8-6-21/h2-6,14-16H,1,7-8,13,23-24H2;2-4,6-7,13-15H,1,5,8,22-23H2;12-14H,1,3-5,8-9,15,21-22H2,2H3;11-13H,1,3-4,9-10,14,20-21H2,2H3. The Morgan fingerprint density at radius 2 is 0.633 bits per heavy atom. The Bertz CT molecular complexity index is 4210. The Morgan fingerprint density at radius 1 is 0.339 bits per heavy atom. The molecule has 0 saturated carbocycles. The predicted octanol–water partition coefficient (Wildman–Crippen LogP) is 7.75.